The van der Waals surface area contributed by atoms with Gasteiger partial charge >= 0.3 is 12.2 Å². The average molecular weight is 420 g/mol. The van der Waals surface area contributed by atoms with Crippen LogP contribution in [-0.2, 0) is 9.16 Å². The first kappa shape index (κ1) is 26.6. The fourth-order valence-corrected chi connectivity index (χ4v) is 5.77. The lowest BCUT2D eigenvalue weighted by atomic mass is 9.97. The van der Waals surface area contributed by atoms with Crippen LogP contribution >= 0.6 is 0 Å². The van der Waals surface area contributed by atoms with E-state index >= 15 is 0 Å². The van der Waals surface area contributed by atoms with Gasteiger partial charge in [-0.25, -0.2) is 4.79 Å². The quantitative estimate of drug-likeness (QED) is 0.192. The molecular weight excluding hydrogens is 380 g/mol. The van der Waals surface area contributed by atoms with Gasteiger partial charge in [0.25, 0.3) is 0 Å². The largest absolute Gasteiger partial charge is 0.540 e. The zero-order valence-corrected chi connectivity index (χ0v) is 20.0. The number of rotatable bonds is 12. The Morgan fingerprint density at radius 3 is 1.89 bits per heavy atom. The molecular formula is C21H39F2NO3Si. The van der Waals surface area contributed by atoms with E-state index < -0.39 is 31.9 Å². The lowest BCUT2D eigenvalue weighted by Crippen LogP contribution is -2.45. The number of amides is 1. The highest BCUT2D eigenvalue weighted by atomic mass is 28.4. The lowest BCUT2D eigenvalue weighted by Gasteiger charge is -2.38. The van der Waals surface area contributed by atoms with Crippen molar-refractivity contribution in [2.24, 2.45) is 0 Å². The average Bonchev–Trinajstić information content (AvgIpc) is 2.63. The van der Waals surface area contributed by atoms with Crippen molar-refractivity contribution in [2.45, 2.75) is 92.0 Å². The first-order valence-electron chi connectivity index (χ1n) is 10.4. The zero-order valence-electron chi connectivity index (χ0n) is 19.0. The van der Waals surface area contributed by atoms with Crippen LogP contribution in [0.15, 0.2) is 23.5 Å². The number of hydrogen-bond acceptors (Lipinski definition) is 3. The summed E-state index contributed by atoms with van der Waals surface area (Å²) in [6, 6.07) is 2.18. The van der Waals surface area contributed by atoms with Crippen molar-refractivity contribution in [1.82, 2.24) is 4.90 Å². The van der Waals surface area contributed by atoms with Crippen LogP contribution in [0.4, 0.5) is 13.6 Å². The Kier molecular flexibility index (Phi) is 11.6. The van der Waals surface area contributed by atoms with Gasteiger partial charge in [-0.15, -0.1) is 0 Å². The number of carbonyl (C=O) groups excluding carboxylic acids is 1. The molecule has 0 N–H and O–H groups in total. The minimum atomic E-state index is -2.37. The second-order valence-corrected chi connectivity index (χ2v) is 12.2. The van der Waals surface area contributed by atoms with Gasteiger partial charge in [0.05, 0.1) is 0 Å². The molecule has 28 heavy (non-hydrogen) atoms. The van der Waals surface area contributed by atoms with Crippen molar-refractivity contribution in [1.29, 1.82) is 0 Å². The van der Waals surface area contributed by atoms with Gasteiger partial charge in [-0.05, 0) is 65.6 Å². The summed E-state index contributed by atoms with van der Waals surface area (Å²) < 4.78 is 39.9. The molecule has 4 nitrogen and oxygen atoms in total. The molecule has 0 aliphatic rings. The summed E-state index contributed by atoms with van der Waals surface area (Å²) in [5, 5.41) is 0. The van der Waals surface area contributed by atoms with Crippen molar-refractivity contribution in [3.63, 3.8) is 0 Å². The standard InChI is InChI=1S/C21H39F2NO3Si/c1-9-24(10-2)20(25)26-21(8,16-14-15-17(6)7)18(19(22)23)27-28(11-3,12-4)13-5/h15H,9-14,16H2,1-8H3. The number of nitrogens with zero attached hydrogens (tertiary/aromatic N) is 1. The number of ether oxygens (including phenoxy) is 1. The van der Waals surface area contributed by atoms with E-state index in [0.29, 0.717) is 19.5 Å². The molecule has 1 unspecified atom stereocenters. The molecule has 164 valence electrons. The Bertz CT molecular complexity index is 542. The molecule has 0 heterocycles. The molecule has 0 aromatic carbocycles. The number of hydrogen-bond donors (Lipinski definition) is 0. The molecule has 0 rings (SSSR count). The van der Waals surface area contributed by atoms with Gasteiger partial charge in [-0.2, -0.15) is 8.78 Å². The maximum Gasteiger partial charge on any atom is 0.410 e. The monoisotopic (exact) mass is 419 g/mol. The second-order valence-electron chi connectivity index (χ2n) is 7.53. The Hall–Kier alpha value is -1.37. The maximum absolute atomic E-state index is 14.1. The van der Waals surface area contributed by atoms with Crippen molar-refractivity contribution >= 4 is 14.4 Å². The first-order chi connectivity index (χ1) is 13.0. The van der Waals surface area contributed by atoms with E-state index in [0.717, 1.165) is 23.7 Å². The van der Waals surface area contributed by atoms with E-state index in [1.807, 2.05) is 54.5 Å². The van der Waals surface area contributed by atoms with Gasteiger partial charge in [0.2, 0.25) is 8.32 Å². The summed E-state index contributed by atoms with van der Waals surface area (Å²) >= 11 is 0. The molecule has 1 atom stereocenters. The predicted molar refractivity (Wildman–Crippen MR) is 114 cm³/mol. The van der Waals surface area contributed by atoms with E-state index in [1.165, 1.54) is 4.90 Å². The van der Waals surface area contributed by atoms with Crippen LogP contribution in [0.2, 0.25) is 18.1 Å². The molecule has 0 saturated heterocycles. The third kappa shape index (κ3) is 7.57. The van der Waals surface area contributed by atoms with E-state index in [1.54, 1.807) is 6.92 Å². The molecule has 1 amide bonds. The Labute approximate surface area is 171 Å². The number of halogens is 2. The van der Waals surface area contributed by atoms with Gasteiger partial charge in [-0.3, -0.25) is 0 Å². The molecule has 7 heteroatoms. The molecule has 0 saturated carbocycles. The van der Waals surface area contributed by atoms with Crippen molar-refractivity contribution in [3.05, 3.63) is 23.5 Å². The molecule has 0 fully saturated rings. The highest BCUT2D eigenvalue weighted by molar-refractivity contribution is 6.73. The summed E-state index contributed by atoms with van der Waals surface area (Å²) in [4.78, 5) is 14.1. The van der Waals surface area contributed by atoms with Crippen LogP contribution < -0.4 is 0 Å². The van der Waals surface area contributed by atoms with E-state index in [-0.39, 0.29) is 6.42 Å². The van der Waals surface area contributed by atoms with E-state index in [9.17, 15) is 13.6 Å². The third-order valence-corrected chi connectivity index (χ3v) is 9.91. The Morgan fingerprint density at radius 2 is 1.54 bits per heavy atom. The van der Waals surface area contributed by atoms with Crippen molar-refractivity contribution in [2.75, 3.05) is 13.1 Å². The topological polar surface area (TPSA) is 38.8 Å². The van der Waals surface area contributed by atoms with Gasteiger partial charge in [0.15, 0.2) is 11.4 Å². The molecule has 0 radical (unpaired) electrons. The summed E-state index contributed by atoms with van der Waals surface area (Å²) in [6.45, 7) is 16.0. The SMILES string of the molecule is CCN(CC)C(=O)OC(C)(CCC=C(C)C)C(O[Si](CC)(CC)CC)=C(F)F. The van der Waals surface area contributed by atoms with Crippen LogP contribution in [0.1, 0.15) is 68.2 Å². The van der Waals surface area contributed by atoms with Gasteiger partial charge in [0, 0.05) is 13.1 Å². The highest BCUT2D eigenvalue weighted by Gasteiger charge is 2.43. The summed E-state index contributed by atoms with van der Waals surface area (Å²) in [5.41, 5.74) is -0.425. The van der Waals surface area contributed by atoms with Crippen LogP contribution in [0.25, 0.3) is 0 Å². The van der Waals surface area contributed by atoms with Crippen molar-refractivity contribution in [3.8, 4) is 0 Å². The molecule has 0 aliphatic carbocycles. The highest BCUT2D eigenvalue weighted by Crippen LogP contribution is 2.37. The maximum atomic E-state index is 14.1. The fraction of sp³-hybridized carbons (Fsp3) is 0.762. The number of carbonyl (C=O) groups is 1. The third-order valence-electron chi connectivity index (χ3n) is 5.41. The van der Waals surface area contributed by atoms with E-state index in [4.69, 9.17) is 9.16 Å². The smallest absolute Gasteiger partial charge is 0.410 e. The minimum Gasteiger partial charge on any atom is -0.540 e. The first-order valence-corrected chi connectivity index (χ1v) is 12.9. The molecule has 0 spiro atoms. The van der Waals surface area contributed by atoms with Crippen LogP contribution in [0.3, 0.4) is 0 Å². The molecule has 0 aromatic rings. The molecule has 0 aliphatic heterocycles. The number of allylic oxidation sites excluding steroid dienone is 2. The van der Waals surface area contributed by atoms with Gasteiger partial charge in [-0.1, -0.05) is 32.4 Å². The predicted octanol–water partition coefficient (Wildman–Crippen LogP) is 7.10. The summed E-state index contributed by atoms with van der Waals surface area (Å²) in [6.07, 6.45) is 0.215. The molecule has 0 aromatic heterocycles. The fourth-order valence-electron chi connectivity index (χ4n) is 3.12. The minimum absolute atomic E-state index is 0.236. The summed E-state index contributed by atoms with van der Waals surface area (Å²) in [5.74, 6) is -0.465. The van der Waals surface area contributed by atoms with Gasteiger partial charge < -0.3 is 14.1 Å². The van der Waals surface area contributed by atoms with Crippen molar-refractivity contribution < 1.29 is 22.7 Å². The van der Waals surface area contributed by atoms with Crippen LogP contribution in [-0.4, -0.2) is 38.0 Å². The van der Waals surface area contributed by atoms with E-state index in [2.05, 4.69) is 0 Å². The zero-order chi connectivity index (χ0) is 22.0. The summed E-state index contributed by atoms with van der Waals surface area (Å²) in [7, 11) is -2.37. The normalized spacial score (nSPS) is 13.4. The lowest BCUT2D eigenvalue weighted by molar-refractivity contribution is -0.00561. The Balaban J connectivity index is 6.03. The van der Waals surface area contributed by atoms with Crippen LogP contribution in [0, 0.1) is 0 Å². The van der Waals surface area contributed by atoms with Crippen LogP contribution in [0.5, 0.6) is 0 Å². The molecule has 0 bridgehead atoms. The van der Waals surface area contributed by atoms with Gasteiger partial charge in [0.1, 0.15) is 0 Å². The second kappa shape index (κ2) is 12.2. The Morgan fingerprint density at radius 1 is 1.04 bits per heavy atom.